The molecule has 0 unspecified atom stereocenters. The van der Waals surface area contributed by atoms with E-state index in [1.165, 1.54) is 6.42 Å². The second-order valence-electron chi connectivity index (χ2n) is 8.93. The van der Waals surface area contributed by atoms with Crippen LogP contribution in [0.25, 0.3) is 0 Å². The number of piperidine rings is 1. The number of rotatable bonds is 6. The first-order valence-corrected chi connectivity index (χ1v) is 11.4. The largest absolute Gasteiger partial charge is 0.381 e. The molecule has 0 saturated carbocycles. The summed E-state index contributed by atoms with van der Waals surface area (Å²) in [5.41, 5.74) is 1.35. The van der Waals surface area contributed by atoms with Gasteiger partial charge in [0.1, 0.15) is 5.69 Å². The molecule has 1 N–H and O–H groups in total. The summed E-state index contributed by atoms with van der Waals surface area (Å²) < 4.78 is 11.1. The van der Waals surface area contributed by atoms with Crippen LogP contribution in [0.1, 0.15) is 48.3 Å². The standard InChI is InChI=1S/C22H35N5O3/c1-18-15-19(25-21(24-18)27-7-3-2-4-8-27)20(28)23-16-22(5-11-29-12-6-22)17-26-9-13-30-14-10-26/h15H,2-14,16-17H2,1H3,(H,23,28). The summed E-state index contributed by atoms with van der Waals surface area (Å²) in [6, 6.07) is 1.79. The molecule has 8 nitrogen and oxygen atoms in total. The van der Waals surface area contributed by atoms with E-state index in [0.29, 0.717) is 18.2 Å². The predicted molar refractivity (Wildman–Crippen MR) is 115 cm³/mol. The van der Waals surface area contributed by atoms with E-state index >= 15 is 0 Å². The first kappa shape index (κ1) is 21.5. The lowest BCUT2D eigenvalue weighted by Gasteiger charge is -2.42. The van der Waals surface area contributed by atoms with Gasteiger partial charge in [0, 0.05) is 63.6 Å². The van der Waals surface area contributed by atoms with Crippen molar-refractivity contribution >= 4 is 11.9 Å². The summed E-state index contributed by atoms with van der Waals surface area (Å²) in [6.07, 6.45) is 5.50. The Labute approximate surface area is 179 Å². The highest BCUT2D eigenvalue weighted by Crippen LogP contribution is 2.31. The number of nitrogens with zero attached hydrogens (tertiary/aromatic N) is 4. The minimum atomic E-state index is -0.105. The Morgan fingerprint density at radius 2 is 1.73 bits per heavy atom. The summed E-state index contributed by atoms with van der Waals surface area (Å²) in [6.45, 7) is 10.5. The van der Waals surface area contributed by atoms with Crippen LogP contribution >= 0.6 is 0 Å². The zero-order valence-corrected chi connectivity index (χ0v) is 18.2. The summed E-state index contributed by atoms with van der Waals surface area (Å²) in [7, 11) is 0. The molecule has 8 heteroatoms. The highest BCUT2D eigenvalue weighted by atomic mass is 16.5. The number of nitrogens with one attached hydrogen (secondary N) is 1. The molecule has 0 bridgehead atoms. The fourth-order valence-corrected chi connectivity index (χ4v) is 4.69. The summed E-state index contributed by atoms with van der Waals surface area (Å²) in [5, 5.41) is 3.20. The van der Waals surface area contributed by atoms with Gasteiger partial charge in [0.15, 0.2) is 0 Å². The molecule has 1 aromatic heterocycles. The van der Waals surface area contributed by atoms with E-state index < -0.39 is 0 Å². The van der Waals surface area contributed by atoms with Crippen LogP contribution in [0.4, 0.5) is 5.95 Å². The number of aryl methyl sites for hydroxylation is 1. The zero-order chi connectivity index (χ0) is 20.8. The maximum Gasteiger partial charge on any atom is 0.270 e. The third-order valence-corrected chi connectivity index (χ3v) is 6.55. The molecule has 0 radical (unpaired) electrons. The zero-order valence-electron chi connectivity index (χ0n) is 18.2. The number of hydrogen-bond donors (Lipinski definition) is 1. The van der Waals surface area contributed by atoms with Gasteiger partial charge in [-0.25, -0.2) is 9.97 Å². The lowest BCUT2D eigenvalue weighted by Crippen LogP contribution is -2.51. The quantitative estimate of drug-likeness (QED) is 0.754. The maximum absolute atomic E-state index is 13.0. The van der Waals surface area contributed by atoms with Crippen molar-refractivity contribution in [1.29, 1.82) is 0 Å². The average Bonchev–Trinajstić information content (AvgIpc) is 2.79. The molecule has 166 valence electrons. The van der Waals surface area contributed by atoms with Crippen molar-refractivity contribution < 1.29 is 14.3 Å². The molecule has 3 aliphatic rings. The predicted octanol–water partition coefficient (Wildman–Crippen LogP) is 1.63. The minimum absolute atomic E-state index is 0.0447. The molecule has 30 heavy (non-hydrogen) atoms. The number of amides is 1. The van der Waals surface area contributed by atoms with Gasteiger partial charge in [0.2, 0.25) is 5.95 Å². The number of anilines is 1. The number of morpholine rings is 1. The molecule has 4 heterocycles. The van der Waals surface area contributed by atoms with Crippen LogP contribution in [-0.2, 0) is 9.47 Å². The third-order valence-electron chi connectivity index (χ3n) is 6.55. The van der Waals surface area contributed by atoms with Crippen molar-refractivity contribution in [2.45, 2.75) is 39.0 Å². The van der Waals surface area contributed by atoms with E-state index in [9.17, 15) is 4.79 Å². The van der Waals surface area contributed by atoms with E-state index in [2.05, 4.69) is 25.1 Å². The Morgan fingerprint density at radius 1 is 1.03 bits per heavy atom. The molecule has 3 fully saturated rings. The second kappa shape index (κ2) is 10.0. The van der Waals surface area contributed by atoms with Crippen molar-refractivity contribution in [2.75, 3.05) is 70.6 Å². The van der Waals surface area contributed by atoms with Crippen LogP contribution < -0.4 is 10.2 Å². The molecule has 0 aliphatic carbocycles. The van der Waals surface area contributed by atoms with Gasteiger partial charge in [-0.1, -0.05) is 0 Å². The highest BCUT2D eigenvalue weighted by Gasteiger charge is 2.35. The summed E-state index contributed by atoms with van der Waals surface area (Å²) in [4.78, 5) is 26.9. The van der Waals surface area contributed by atoms with Gasteiger partial charge in [0.05, 0.1) is 13.2 Å². The lowest BCUT2D eigenvalue weighted by molar-refractivity contribution is -0.0283. The molecule has 0 aromatic carbocycles. The molecule has 1 aromatic rings. The van der Waals surface area contributed by atoms with Crippen molar-refractivity contribution in [2.24, 2.45) is 5.41 Å². The molecule has 1 amide bonds. The third kappa shape index (κ3) is 5.47. The van der Waals surface area contributed by atoms with Gasteiger partial charge in [-0.05, 0) is 45.1 Å². The first-order chi connectivity index (χ1) is 14.6. The SMILES string of the molecule is Cc1cc(C(=O)NCC2(CN3CCOCC3)CCOCC2)nc(N2CCCCC2)n1. The molecule has 0 spiro atoms. The maximum atomic E-state index is 13.0. The van der Waals surface area contributed by atoms with Gasteiger partial charge >= 0.3 is 0 Å². The summed E-state index contributed by atoms with van der Waals surface area (Å²) >= 11 is 0. The molecular weight excluding hydrogens is 382 g/mol. The van der Waals surface area contributed by atoms with Crippen molar-refractivity contribution in [3.63, 3.8) is 0 Å². The van der Waals surface area contributed by atoms with Gasteiger partial charge in [0.25, 0.3) is 5.91 Å². The summed E-state index contributed by atoms with van der Waals surface area (Å²) in [5.74, 6) is 0.584. The Morgan fingerprint density at radius 3 is 2.47 bits per heavy atom. The lowest BCUT2D eigenvalue weighted by atomic mass is 9.79. The smallest absolute Gasteiger partial charge is 0.270 e. The number of carbonyl (C=O) groups is 1. The molecule has 3 aliphatic heterocycles. The Bertz CT molecular complexity index is 711. The van der Waals surface area contributed by atoms with E-state index in [-0.39, 0.29) is 11.3 Å². The van der Waals surface area contributed by atoms with Gasteiger partial charge in [-0.3, -0.25) is 9.69 Å². The Hall–Kier alpha value is -1.77. The normalized spacial score (nSPS) is 22.6. The molecular formula is C22H35N5O3. The second-order valence-corrected chi connectivity index (χ2v) is 8.93. The van der Waals surface area contributed by atoms with Crippen LogP contribution in [0.15, 0.2) is 6.07 Å². The topological polar surface area (TPSA) is 79.8 Å². The van der Waals surface area contributed by atoms with E-state index in [0.717, 1.165) is 90.5 Å². The van der Waals surface area contributed by atoms with Gasteiger partial charge in [-0.15, -0.1) is 0 Å². The van der Waals surface area contributed by atoms with Crippen LogP contribution in [-0.4, -0.2) is 86.5 Å². The minimum Gasteiger partial charge on any atom is -0.381 e. The number of aromatic nitrogens is 2. The van der Waals surface area contributed by atoms with E-state index in [1.54, 1.807) is 6.07 Å². The Balaban J connectivity index is 1.42. The monoisotopic (exact) mass is 417 g/mol. The van der Waals surface area contributed by atoms with Crippen LogP contribution in [0.3, 0.4) is 0 Å². The van der Waals surface area contributed by atoms with Crippen LogP contribution in [0.2, 0.25) is 0 Å². The average molecular weight is 418 g/mol. The highest BCUT2D eigenvalue weighted by molar-refractivity contribution is 5.92. The Kier molecular flexibility index (Phi) is 7.17. The van der Waals surface area contributed by atoms with E-state index in [4.69, 9.17) is 9.47 Å². The molecule has 0 atom stereocenters. The van der Waals surface area contributed by atoms with Crippen molar-refractivity contribution in [3.05, 3.63) is 17.5 Å². The molecule has 3 saturated heterocycles. The van der Waals surface area contributed by atoms with Crippen molar-refractivity contribution in [1.82, 2.24) is 20.2 Å². The van der Waals surface area contributed by atoms with Crippen LogP contribution in [0, 0.1) is 12.3 Å². The van der Waals surface area contributed by atoms with Gasteiger partial charge < -0.3 is 19.7 Å². The molecule has 4 rings (SSSR count). The number of carbonyl (C=O) groups excluding carboxylic acids is 1. The van der Waals surface area contributed by atoms with E-state index in [1.807, 2.05) is 6.92 Å². The first-order valence-electron chi connectivity index (χ1n) is 11.4. The fourth-order valence-electron chi connectivity index (χ4n) is 4.69. The van der Waals surface area contributed by atoms with Crippen LogP contribution in [0.5, 0.6) is 0 Å². The number of ether oxygens (including phenoxy) is 2. The van der Waals surface area contributed by atoms with Crippen molar-refractivity contribution in [3.8, 4) is 0 Å². The number of hydrogen-bond acceptors (Lipinski definition) is 7. The van der Waals surface area contributed by atoms with Gasteiger partial charge in [-0.2, -0.15) is 0 Å². The fraction of sp³-hybridized carbons (Fsp3) is 0.773.